The van der Waals surface area contributed by atoms with Gasteiger partial charge in [-0.05, 0) is 55.8 Å². The van der Waals surface area contributed by atoms with E-state index in [4.69, 9.17) is 5.11 Å². The second-order valence-corrected chi connectivity index (χ2v) is 5.29. The minimum absolute atomic E-state index is 0.0211. The van der Waals surface area contributed by atoms with Crippen LogP contribution in [0.15, 0.2) is 0 Å². The lowest BCUT2D eigenvalue weighted by molar-refractivity contribution is -0.155. The van der Waals surface area contributed by atoms with E-state index in [1.54, 1.807) is 0 Å². The monoisotopic (exact) mass is 180 g/mol. The molecule has 0 radical (unpaired) electrons. The molecule has 2 nitrogen and oxygen atoms in total. The van der Waals surface area contributed by atoms with Crippen molar-refractivity contribution in [3.8, 4) is 0 Å². The molecule has 4 saturated carbocycles. The van der Waals surface area contributed by atoms with E-state index < -0.39 is 5.97 Å². The van der Waals surface area contributed by atoms with Crippen LogP contribution in [0.3, 0.4) is 0 Å². The topological polar surface area (TPSA) is 37.3 Å². The fourth-order valence-electron chi connectivity index (χ4n) is 4.33. The molecule has 0 atom stereocenters. The van der Waals surface area contributed by atoms with Gasteiger partial charge in [0.05, 0.1) is 5.92 Å². The molecule has 72 valence electrons. The number of carboxylic acids is 1. The van der Waals surface area contributed by atoms with Crippen molar-refractivity contribution in [3.63, 3.8) is 0 Å². The third-order valence-electron chi connectivity index (χ3n) is 4.51. The number of aliphatic carboxylic acids is 1. The summed E-state index contributed by atoms with van der Waals surface area (Å²) >= 11 is 0. The van der Waals surface area contributed by atoms with Crippen molar-refractivity contribution in [3.05, 3.63) is 0 Å². The van der Waals surface area contributed by atoms with Crippen molar-refractivity contribution in [2.75, 3.05) is 0 Å². The van der Waals surface area contributed by atoms with Crippen LogP contribution in [0.5, 0.6) is 0 Å². The summed E-state index contributed by atoms with van der Waals surface area (Å²) in [5.74, 6) is 2.35. The largest absolute Gasteiger partial charge is 0.481 e. The van der Waals surface area contributed by atoms with Crippen LogP contribution in [0.4, 0.5) is 0 Å². The van der Waals surface area contributed by atoms with E-state index in [-0.39, 0.29) is 5.92 Å². The van der Waals surface area contributed by atoms with Crippen molar-refractivity contribution < 1.29 is 9.90 Å². The van der Waals surface area contributed by atoms with E-state index in [9.17, 15) is 4.79 Å². The van der Waals surface area contributed by atoms with Crippen molar-refractivity contribution >= 4 is 5.97 Å². The van der Waals surface area contributed by atoms with Crippen molar-refractivity contribution in [2.45, 2.75) is 32.1 Å². The normalized spacial score (nSPS) is 52.5. The van der Waals surface area contributed by atoms with Gasteiger partial charge in [0.2, 0.25) is 0 Å². The molecule has 0 aromatic rings. The van der Waals surface area contributed by atoms with Crippen molar-refractivity contribution in [2.24, 2.45) is 29.6 Å². The first-order valence-electron chi connectivity index (χ1n) is 5.47. The van der Waals surface area contributed by atoms with Gasteiger partial charge in [0.25, 0.3) is 0 Å². The first-order chi connectivity index (χ1) is 6.24. The quantitative estimate of drug-likeness (QED) is 0.671. The lowest BCUT2D eigenvalue weighted by Gasteiger charge is -2.52. The van der Waals surface area contributed by atoms with E-state index in [1.807, 2.05) is 0 Å². The first-order valence-corrected chi connectivity index (χ1v) is 5.47. The lowest BCUT2D eigenvalue weighted by atomic mass is 9.52. The zero-order valence-electron chi connectivity index (χ0n) is 7.78. The summed E-state index contributed by atoms with van der Waals surface area (Å²) in [7, 11) is 0. The highest BCUT2D eigenvalue weighted by molar-refractivity contribution is 5.71. The third-order valence-corrected chi connectivity index (χ3v) is 4.51. The summed E-state index contributed by atoms with van der Waals surface area (Å²) in [4.78, 5) is 11.1. The summed E-state index contributed by atoms with van der Waals surface area (Å²) < 4.78 is 0. The van der Waals surface area contributed by atoms with Crippen LogP contribution < -0.4 is 0 Å². The summed E-state index contributed by atoms with van der Waals surface area (Å²) in [6.07, 6.45) is 6.25. The minimum atomic E-state index is -0.520. The number of carboxylic acid groups (broad SMARTS) is 1. The minimum Gasteiger partial charge on any atom is -0.481 e. The summed E-state index contributed by atoms with van der Waals surface area (Å²) in [6.45, 7) is 0. The Hall–Kier alpha value is -0.530. The molecular weight excluding hydrogens is 164 g/mol. The Kier molecular flexibility index (Phi) is 1.50. The number of hydrogen-bond acceptors (Lipinski definition) is 1. The third kappa shape index (κ3) is 1.04. The van der Waals surface area contributed by atoms with Crippen LogP contribution in [0.25, 0.3) is 0 Å². The van der Waals surface area contributed by atoms with E-state index in [2.05, 4.69) is 0 Å². The molecule has 0 aromatic heterocycles. The molecule has 2 heteroatoms. The molecule has 0 unspecified atom stereocenters. The zero-order chi connectivity index (χ0) is 9.00. The lowest BCUT2D eigenvalue weighted by Crippen LogP contribution is -2.47. The summed E-state index contributed by atoms with van der Waals surface area (Å²) in [5, 5.41) is 9.15. The van der Waals surface area contributed by atoms with Crippen LogP contribution in [-0.4, -0.2) is 11.1 Å². The molecular formula is C11H16O2. The van der Waals surface area contributed by atoms with Gasteiger partial charge in [0.15, 0.2) is 0 Å². The Balaban J connectivity index is 1.89. The van der Waals surface area contributed by atoms with Crippen LogP contribution in [-0.2, 0) is 4.79 Å². The molecule has 0 aliphatic heterocycles. The number of hydrogen-bond donors (Lipinski definition) is 1. The van der Waals surface area contributed by atoms with Crippen molar-refractivity contribution in [1.29, 1.82) is 0 Å². The number of rotatable bonds is 1. The molecule has 0 saturated heterocycles. The van der Waals surface area contributed by atoms with Gasteiger partial charge in [0, 0.05) is 0 Å². The van der Waals surface area contributed by atoms with E-state index in [0.29, 0.717) is 11.8 Å². The molecule has 13 heavy (non-hydrogen) atoms. The Bertz CT molecular complexity index is 218. The van der Waals surface area contributed by atoms with Crippen LogP contribution in [0, 0.1) is 29.6 Å². The molecule has 0 heterocycles. The number of carbonyl (C=O) groups is 1. The molecule has 4 fully saturated rings. The van der Waals surface area contributed by atoms with Gasteiger partial charge < -0.3 is 5.11 Å². The van der Waals surface area contributed by atoms with Crippen molar-refractivity contribution in [1.82, 2.24) is 0 Å². The predicted octanol–water partition coefficient (Wildman–Crippen LogP) is 2.14. The molecule has 4 aliphatic rings. The highest BCUT2D eigenvalue weighted by Crippen LogP contribution is 2.56. The van der Waals surface area contributed by atoms with E-state index in [1.165, 1.54) is 32.1 Å². The fourth-order valence-corrected chi connectivity index (χ4v) is 4.33. The molecule has 0 amide bonds. The van der Waals surface area contributed by atoms with Gasteiger partial charge in [-0.15, -0.1) is 0 Å². The van der Waals surface area contributed by atoms with Gasteiger partial charge in [0.1, 0.15) is 0 Å². The van der Waals surface area contributed by atoms with Gasteiger partial charge in [-0.1, -0.05) is 0 Å². The van der Waals surface area contributed by atoms with E-state index in [0.717, 1.165) is 11.8 Å². The molecule has 4 rings (SSSR count). The highest BCUT2D eigenvalue weighted by Gasteiger charge is 2.50. The Labute approximate surface area is 78.3 Å². The first kappa shape index (κ1) is 7.84. The second kappa shape index (κ2) is 2.49. The predicted molar refractivity (Wildman–Crippen MR) is 48.2 cm³/mol. The Morgan fingerprint density at radius 2 is 1.38 bits per heavy atom. The van der Waals surface area contributed by atoms with Gasteiger partial charge >= 0.3 is 5.97 Å². The smallest absolute Gasteiger partial charge is 0.307 e. The maximum Gasteiger partial charge on any atom is 0.307 e. The second-order valence-electron chi connectivity index (χ2n) is 5.29. The molecule has 0 spiro atoms. The SMILES string of the molecule is O=C(O)C1[C@H]2CC3C[C@@H](C2)C[C@H]1C3. The maximum atomic E-state index is 11.1. The molecule has 4 bridgehead atoms. The van der Waals surface area contributed by atoms with Gasteiger partial charge in [-0.3, -0.25) is 4.79 Å². The Morgan fingerprint density at radius 1 is 0.923 bits per heavy atom. The zero-order valence-corrected chi connectivity index (χ0v) is 7.78. The average Bonchev–Trinajstić information content (AvgIpc) is 2.00. The fraction of sp³-hybridized carbons (Fsp3) is 0.909. The standard InChI is InChI=1S/C11H16O2/c12-11(13)10-8-2-6-1-7(4-8)5-9(10)3-6/h6-10H,1-5H2,(H,12,13)/t6-,7?,8+,9-,10?. The highest BCUT2D eigenvalue weighted by atomic mass is 16.4. The summed E-state index contributed by atoms with van der Waals surface area (Å²) in [5.41, 5.74) is 0. The van der Waals surface area contributed by atoms with Gasteiger partial charge in [-0.25, -0.2) is 0 Å². The molecule has 4 aliphatic carbocycles. The van der Waals surface area contributed by atoms with Crippen LogP contribution >= 0.6 is 0 Å². The molecule has 0 aromatic carbocycles. The van der Waals surface area contributed by atoms with Crippen LogP contribution in [0.2, 0.25) is 0 Å². The van der Waals surface area contributed by atoms with Crippen LogP contribution in [0.1, 0.15) is 32.1 Å². The summed E-state index contributed by atoms with van der Waals surface area (Å²) in [6, 6.07) is 0. The van der Waals surface area contributed by atoms with Gasteiger partial charge in [-0.2, -0.15) is 0 Å². The average molecular weight is 180 g/mol. The van der Waals surface area contributed by atoms with E-state index >= 15 is 0 Å². The Morgan fingerprint density at radius 3 is 1.77 bits per heavy atom. The maximum absolute atomic E-state index is 11.1. The molecule has 1 N–H and O–H groups in total.